The van der Waals surface area contributed by atoms with Crippen LogP contribution < -0.4 is 0 Å². The fourth-order valence-electron chi connectivity index (χ4n) is 1.71. The van der Waals surface area contributed by atoms with Crippen LogP contribution in [0.4, 0.5) is 4.39 Å². The zero-order chi connectivity index (χ0) is 11.5. The van der Waals surface area contributed by atoms with Gasteiger partial charge in [0.2, 0.25) is 0 Å². The van der Waals surface area contributed by atoms with Crippen LogP contribution in [0.5, 0.6) is 0 Å². The molecule has 0 aliphatic heterocycles. The van der Waals surface area contributed by atoms with E-state index in [-0.39, 0.29) is 5.82 Å². The quantitative estimate of drug-likeness (QED) is 0.706. The molecule has 0 heterocycles. The summed E-state index contributed by atoms with van der Waals surface area (Å²) in [6.45, 7) is 1.92. The first-order valence-corrected chi connectivity index (χ1v) is 4.97. The molecule has 16 heavy (non-hydrogen) atoms. The second-order valence-electron chi connectivity index (χ2n) is 3.65. The third kappa shape index (κ3) is 1.94. The highest BCUT2D eigenvalue weighted by Crippen LogP contribution is 2.24. The summed E-state index contributed by atoms with van der Waals surface area (Å²) in [5, 5.41) is 8.76. The fourth-order valence-corrected chi connectivity index (χ4v) is 1.71. The Hall–Kier alpha value is -2.14. The van der Waals surface area contributed by atoms with E-state index in [2.05, 4.69) is 6.07 Å². The molecule has 2 heteroatoms. The van der Waals surface area contributed by atoms with Gasteiger partial charge in [-0.05, 0) is 47.9 Å². The highest BCUT2D eigenvalue weighted by Gasteiger charge is 2.03. The molecule has 0 bridgehead atoms. The third-order valence-corrected chi connectivity index (χ3v) is 2.49. The molecule has 2 aromatic rings. The molecule has 2 aromatic carbocycles. The third-order valence-electron chi connectivity index (χ3n) is 2.49. The Bertz CT molecular complexity index is 567. The summed E-state index contributed by atoms with van der Waals surface area (Å²) >= 11 is 0. The van der Waals surface area contributed by atoms with E-state index in [1.54, 1.807) is 18.2 Å². The predicted molar refractivity (Wildman–Crippen MR) is 61.3 cm³/mol. The van der Waals surface area contributed by atoms with E-state index in [0.717, 1.165) is 16.7 Å². The second kappa shape index (κ2) is 4.16. The highest BCUT2D eigenvalue weighted by atomic mass is 19.1. The first-order valence-electron chi connectivity index (χ1n) is 4.97. The molecule has 0 aromatic heterocycles. The number of aryl methyl sites for hydroxylation is 1. The van der Waals surface area contributed by atoms with Gasteiger partial charge >= 0.3 is 0 Å². The Morgan fingerprint density at radius 1 is 1.12 bits per heavy atom. The molecule has 0 amide bonds. The molecule has 2 rings (SSSR count). The molecule has 0 fully saturated rings. The van der Waals surface area contributed by atoms with Gasteiger partial charge in [0, 0.05) is 0 Å². The lowest BCUT2D eigenvalue weighted by molar-refractivity contribution is 0.628. The molecule has 0 spiro atoms. The van der Waals surface area contributed by atoms with E-state index in [0.29, 0.717) is 5.56 Å². The number of halogens is 1. The number of hydrogen-bond acceptors (Lipinski definition) is 1. The Kier molecular flexibility index (Phi) is 2.70. The smallest absolute Gasteiger partial charge is 0.123 e. The molecular weight excluding hydrogens is 201 g/mol. The molecule has 0 saturated heterocycles. The van der Waals surface area contributed by atoms with Crippen LogP contribution in [0.3, 0.4) is 0 Å². The van der Waals surface area contributed by atoms with Crippen molar-refractivity contribution in [1.29, 1.82) is 5.26 Å². The molecule has 0 aliphatic carbocycles. The Labute approximate surface area is 93.8 Å². The van der Waals surface area contributed by atoms with Crippen LogP contribution >= 0.6 is 0 Å². The van der Waals surface area contributed by atoms with Crippen molar-refractivity contribution >= 4 is 0 Å². The van der Waals surface area contributed by atoms with Gasteiger partial charge in [0.15, 0.2) is 0 Å². The van der Waals surface area contributed by atoms with Crippen molar-refractivity contribution < 1.29 is 4.39 Å². The Morgan fingerprint density at radius 3 is 2.56 bits per heavy atom. The van der Waals surface area contributed by atoms with Gasteiger partial charge in [-0.3, -0.25) is 0 Å². The van der Waals surface area contributed by atoms with Crippen LogP contribution in [-0.2, 0) is 0 Å². The van der Waals surface area contributed by atoms with Gasteiger partial charge in [-0.1, -0.05) is 18.2 Å². The summed E-state index contributed by atoms with van der Waals surface area (Å²) < 4.78 is 13.1. The number of hydrogen-bond donors (Lipinski definition) is 0. The minimum absolute atomic E-state index is 0.249. The first kappa shape index (κ1) is 10.4. The van der Waals surface area contributed by atoms with Crippen LogP contribution in [0.25, 0.3) is 11.1 Å². The van der Waals surface area contributed by atoms with Crippen molar-refractivity contribution in [1.82, 2.24) is 0 Å². The summed E-state index contributed by atoms with van der Waals surface area (Å²) in [7, 11) is 0. The lowest BCUT2D eigenvalue weighted by atomic mass is 9.99. The van der Waals surface area contributed by atoms with Crippen LogP contribution in [0, 0.1) is 24.1 Å². The van der Waals surface area contributed by atoms with Gasteiger partial charge in [0.1, 0.15) is 5.82 Å². The van der Waals surface area contributed by atoms with E-state index in [4.69, 9.17) is 5.26 Å². The van der Waals surface area contributed by atoms with Crippen molar-refractivity contribution in [3.05, 3.63) is 59.4 Å². The lowest BCUT2D eigenvalue weighted by Crippen LogP contribution is -1.86. The molecule has 0 N–H and O–H groups in total. The van der Waals surface area contributed by atoms with Gasteiger partial charge in [0.25, 0.3) is 0 Å². The monoisotopic (exact) mass is 211 g/mol. The second-order valence-corrected chi connectivity index (χ2v) is 3.65. The van der Waals surface area contributed by atoms with Crippen molar-refractivity contribution in [2.75, 3.05) is 0 Å². The minimum Gasteiger partial charge on any atom is -0.207 e. The maximum absolute atomic E-state index is 13.1. The Morgan fingerprint density at radius 2 is 1.94 bits per heavy atom. The fraction of sp³-hybridized carbons (Fsp3) is 0.0714. The maximum Gasteiger partial charge on any atom is 0.123 e. The predicted octanol–water partition coefficient (Wildman–Crippen LogP) is 3.67. The molecular formula is C14H10FN. The van der Waals surface area contributed by atoms with E-state index < -0.39 is 0 Å². The van der Waals surface area contributed by atoms with E-state index in [9.17, 15) is 4.39 Å². The SMILES string of the molecule is Cc1cc(C#N)ccc1-c1cccc(F)c1. The van der Waals surface area contributed by atoms with Crippen LogP contribution in [-0.4, -0.2) is 0 Å². The number of nitriles is 1. The number of rotatable bonds is 1. The summed E-state index contributed by atoms with van der Waals surface area (Å²) in [4.78, 5) is 0. The van der Waals surface area contributed by atoms with Crippen LogP contribution in [0.2, 0.25) is 0 Å². The molecule has 0 radical (unpaired) electrons. The molecule has 0 unspecified atom stereocenters. The molecule has 78 valence electrons. The molecule has 1 nitrogen and oxygen atoms in total. The zero-order valence-corrected chi connectivity index (χ0v) is 8.87. The van der Waals surface area contributed by atoms with Gasteiger partial charge in [-0.25, -0.2) is 4.39 Å². The van der Waals surface area contributed by atoms with Gasteiger partial charge in [-0.15, -0.1) is 0 Å². The molecule has 0 saturated carbocycles. The summed E-state index contributed by atoms with van der Waals surface area (Å²) in [6, 6.07) is 13.9. The summed E-state index contributed by atoms with van der Waals surface area (Å²) in [5.41, 5.74) is 3.39. The van der Waals surface area contributed by atoms with Gasteiger partial charge < -0.3 is 0 Å². The standard InChI is InChI=1S/C14H10FN/c1-10-7-11(9-16)5-6-14(10)12-3-2-4-13(15)8-12/h2-8H,1H3. The van der Waals surface area contributed by atoms with E-state index in [1.165, 1.54) is 12.1 Å². The van der Waals surface area contributed by atoms with Gasteiger partial charge in [0.05, 0.1) is 11.6 Å². The normalized spacial score (nSPS) is 9.81. The van der Waals surface area contributed by atoms with E-state index >= 15 is 0 Å². The van der Waals surface area contributed by atoms with E-state index in [1.807, 2.05) is 19.1 Å². The van der Waals surface area contributed by atoms with Crippen LogP contribution in [0.15, 0.2) is 42.5 Å². The molecule has 0 aliphatic rings. The minimum atomic E-state index is -0.249. The summed E-state index contributed by atoms with van der Waals surface area (Å²) in [6.07, 6.45) is 0. The number of benzene rings is 2. The average Bonchev–Trinajstić information content (AvgIpc) is 2.28. The maximum atomic E-state index is 13.1. The topological polar surface area (TPSA) is 23.8 Å². The van der Waals surface area contributed by atoms with Crippen LogP contribution in [0.1, 0.15) is 11.1 Å². The average molecular weight is 211 g/mol. The van der Waals surface area contributed by atoms with Crippen molar-refractivity contribution in [3.8, 4) is 17.2 Å². The van der Waals surface area contributed by atoms with Crippen molar-refractivity contribution in [2.45, 2.75) is 6.92 Å². The first-order chi connectivity index (χ1) is 7.70. The lowest BCUT2D eigenvalue weighted by Gasteiger charge is -2.06. The zero-order valence-electron chi connectivity index (χ0n) is 8.87. The molecule has 0 atom stereocenters. The number of nitrogens with zero attached hydrogens (tertiary/aromatic N) is 1. The van der Waals surface area contributed by atoms with Crippen molar-refractivity contribution in [2.24, 2.45) is 0 Å². The largest absolute Gasteiger partial charge is 0.207 e. The van der Waals surface area contributed by atoms with Gasteiger partial charge in [-0.2, -0.15) is 5.26 Å². The van der Waals surface area contributed by atoms with Crippen molar-refractivity contribution in [3.63, 3.8) is 0 Å². The highest BCUT2D eigenvalue weighted by molar-refractivity contribution is 5.68. The Balaban J connectivity index is 2.53. The summed E-state index contributed by atoms with van der Waals surface area (Å²) in [5.74, 6) is -0.249.